The van der Waals surface area contributed by atoms with Crippen molar-refractivity contribution in [3.63, 3.8) is 0 Å². The van der Waals surface area contributed by atoms with Gasteiger partial charge in [-0.25, -0.2) is 0 Å². The summed E-state index contributed by atoms with van der Waals surface area (Å²) >= 11 is 0. The SMILES string of the molecule is CCOc1cc([C@@H]2C(C#N)=C(N)Oc3cc(N)ccc32)ccc1O. The van der Waals surface area contributed by atoms with Crippen molar-refractivity contribution in [1.82, 2.24) is 0 Å². The van der Waals surface area contributed by atoms with Crippen molar-refractivity contribution in [2.24, 2.45) is 5.73 Å². The van der Waals surface area contributed by atoms with Gasteiger partial charge in [-0.05, 0) is 30.7 Å². The third-order valence-corrected chi connectivity index (χ3v) is 3.86. The van der Waals surface area contributed by atoms with Crippen LogP contribution in [0.1, 0.15) is 24.0 Å². The van der Waals surface area contributed by atoms with Crippen LogP contribution >= 0.6 is 0 Å². The predicted octanol–water partition coefficient (Wildman–Crippen LogP) is 2.59. The molecule has 24 heavy (non-hydrogen) atoms. The molecule has 3 rings (SSSR count). The molecule has 0 saturated carbocycles. The van der Waals surface area contributed by atoms with Crippen molar-refractivity contribution in [3.05, 3.63) is 59.0 Å². The Bertz CT molecular complexity index is 868. The molecule has 1 heterocycles. The molecule has 2 aromatic carbocycles. The van der Waals surface area contributed by atoms with Crippen molar-refractivity contribution in [2.75, 3.05) is 12.3 Å². The van der Waals surface area contributed by atoms with E-state index in [9.17, 15) is 10.4 Å². The number of aromatic hydroxyl groups is 1. The molecular formula is C18H17N3O3. The number of nitriles is 1. The lowest BCUT2D eigenvalue weighted by Gasteiger charge is -2.27. The lowest BCUT2D eigenvalue weighted by Crippen LogP contribution is -2.21. The van der Waals surface area contributed by atoms with E-state index in [1.807, 2.05) is 13.0 Å². The zero-order valence-electron chi connectivity index (χ0n) is 13.1. The predicted molar refractivity (Wildman–Crippen MR) is 89.4 cm³/mol. The summed E-state index contributed by atoms with van der Waals surface area (Å²) in [4.78, 5) is 0. The van der Waals surface area contributed by atoms with E-state index in [2.05, 4.69) is 6.07 Å². The van der Waals surface area contributed by atoms with Gasteiger partial charge in [-0.15, -0.1) is 0 Å². The molecule has 0 saturated heterocycles. The van der Waals surface area contributed by atoms with E-state index < -0.39 is 5.92 Å². The number of allylic oxidation sites excluding steroid dienone is 1. The van der Waals surface area contributed by atoms with Gasteiger partial charge in [0, 0.05) is 17.3 Å². The summed E-state index contributed by atoms with van der Waals surface area (Å²) in [6, 6.07) is 12.3. The molecule has 0 unspecified atom stereocenters. The Kier molecular flexibility index (Phi) is 3.92. The molecule has 0 radical (unpaired) electrons. The minimum absolute atomic E-state index is 0.0423. The number of anilines is 1. The van der Waals surface area contributed by atoms with Gasteiger partial charge in [0.25, 0.3) is 0 Å². The van der Waals surface area contributed by atoms with Crippen LogP contribution < -0.4 is 20.9 Å². The van der Waals surface area contributed by atoms with Crippen LogP contribution in [0.4, 0.5) is 5.69 Å². The highest BCUT2D eigenvalue weighted by Gasteiger charge is 2.31. The van der Waals surface area contributed by atoms with Gasteiger partial charge in [0.2, 0.25) is 5.88 Å². The summed E-state index contributed by atoms with van der Waals surface area (Å²) in [5, 5.41) is 19.4. The van der Waals surface area contributed by atoms with E-state index in [1.165, 1.54) is 6.07 Å². The third-order valence-electron chi connectivity index (χ3n) is 3.86. The monoisotopic (exact) mass is 323 g/mol. The number of benzene rings is 2. The highest BCUT2D eigenvalue weighted by Crippen LogP contribution is 2.44. The van der Waals surface area contributed by atoms with Crippen molar-refractivity contribution >= 4 is 5.69 Å². The van der Waals surface area contributed by atoms with Crippen molar-refractivity contribution in [1.29, 1.82) is 5.26 Å². The van der Waals surface area contributed by atoms with Crippen LogP contribution in [0.25, 0.3) is 0 Å². The maximum atomic E-state index is 9.90. The molecule has 1 atom stereocenters. The number of hydrogen-bond donors (Lipinski definition) is 3. The van der Waals surface area contributed by atoms with Crippen LogP contribution in [0.3, 0.4) is 0 Å². The first-order valence-electron chi connectivity index (χ1n) is 7.47. The molecule has 1 aliphatic rings. The van der Waals surface area contributed by atoms with Gasteiger partial charge in [0.05, 0.1) is 12.5 Å². The summed E-state index contributed by atoms with van der Waals surface area (Å²) in [6.07, 6.45) is 0. The Morgan fingerprint density at radius 2 is 2.04 bits per heavy atom. The minimum atomic E-state index is -0.417. The molecule has 0 fully saturated rings. The number of rotatable bonds is 3. The van der Waals surface area contributed by atoms with Gasteiger partial charge in [-0.2, -0.15) is 5.26 Å². The Morgan fingerprint density at radius 1 is 1.25 bits per heavy atom. The summed E-state index contributed by atoms with van der Waals surface area (Å²) in [5.41, 5.74) is 14.1. The summed E-state index contributed by atoms with van der Waals surface area (Å²) in [7, 11) is 0. The number of phenolic OH excluding ortho intramolecular Hbond substituents is 1. The number of fused-ring (bicyclic) bond motifs is 1. The second-order valence-electron chi connectivity index (χ2n) is 5.38. The largest absolute Gasteiger partial charge is 0.504 e. The molecule has 6 heteroatoms. The molecule has 0 aliphatic carbocycles. The van der Waals surface area contributed by atoms with E-state index in [4.69, 9.17) is 20.9 Å². The molecule has 0 spiro atoms. The summed E-state index contributed by atoms with van der Waals surface area (Å²) in [5.74, 6) is 0.545. The van der Waals surface area contributed by atoms with E-state index in [1.54, 1.807) is 24.3 Å². The van der Waals surface area contributed by atoms with Crippen LogP contribution in [0.15, 0.2) is 47.9 Å². The molecule has 6 nitrogen and oxygen atoms in total. The quantitative estimate of drug-likeness (QED) is 0.748. The topological polar surface area (TPSA) is 115 Å². The maximum absolute atomic E-state index is 9.90. The first kappa shape index (κ1) is 15.6. The van der Waals surface area contributed by atoms with Crippen molar-refractivity contribution < 1.29 is 14.6 Å². The van der Waals surface area contributed by atoms with Gasteiger partial charge in [0.15, 0.2) is 11.5 Å². The first-order chi connectivity index (χ1) is 11.5. The Labute approximate surface area is 139 Å². The van der Waals surface area contributed by atoms with Gasteiger partial charge >= 0.3 is 0 Å². The fraction of sp³-hybridized carbons (Fsp3) is 0.167. The number of nitrogen functional groups attached to an aromatic ring is 1. The van der Waals surface area contributed by atoms with Gasteiger partial charge in [-0.3, -0.25) is 0 Å². The Balaban J connectivity index is 2.18. The second-order valence-corrected chi connectivity index (χ2v) is 5.38. The van der Waals surface area contributed by atoms with Crippen LogP contribution in [0.2, 0.25) is 0 Å². The van der Waals surface area contributed by atoms with Crippen LogP contribution in [0, 0.1) is 11.3 Å². The van der Waals surface area contributed by atoms with Crippen LogP contribution in [-0.4, -0.2) is 11.7 Å². The normalized spacial score (nSPS) is 16.1. The van der Waals surface area contributed by atoms with Gasteiger partial charge in [-0.1, -0.05) is 12.1 Å². The van der Waals surface area contributed by atoms with Crippen LogP contribution in [0.5, 0.6) is 17.2 Å². The van der Waals surface area contributed by atoms with E-state index in [0.717, 1.165) is 11.1 Å². The smallest absolute Gasteiger partial charge is 0.205 e. The fourth-order valence-corrected chi connectivity index (χ4v) is 2.80. The lowest BCUT2D eigenvalue weighted by molar-refractivity contribution is 0.317. The Morgan fingerprint density at radius 3 is 2.75 bits per heavy atom. The molecule has 1 aliphatic heterocycles. The van der Waals surface area contributed by atoms with Crippen LogP contribution in [-0.2, 0) is 0 Å². The highest BCUT2D eigenvalue weighted by molar-refractivity contribution is 5.60. The molecule has 5 N–H and O–H groups in total. The molecular weight excluding hydrogens is 306 g/mol. The van der Waals surface area contributed by atoms with Crippen molar-refractivity contribution in [3.8, 4) is 23.3 Å². The van der Waals surface area contributed by atoms with Gasteiger partial charge < -0.3 is 26.0 Å². The average molecular weight is 323 g/mol. The maximum Gasteiger partial charge on any atom is 0.205 e. The summed E-state index contributed by atoms with van der Waals surface area (Å²) < 4.78 is 11.0. The number of nitrogens with zero attached hydrogens (tertiary/aromatic N) is 1. The standard InChI is InChI=1S/C18H17N3O3/c1-2-23-16-7-10(3-6-14(16)22)17-12-5-4-11(20)8-15(12)24-18(21)13(17)9-19/h3-8,17,22H,2,20-21H2,1H3/t17-/m0/s1. The zero-order chi connectivity index (χ0) is 17.3. The lowest BCUT2D eigenvalue weighted by atomic mass is 9.83. The third kappa shape index (κ3) is 2.57. The van der Waals surface area contributed by atoms with Crippen molar-refractivity contribution in [2.45, 2.75) is 12.8 Å². The van der Waals surface area contributed by atoms with Gasteiger partial charge in [0.1, 0.15) is 17.4 Å². The van der Waals surface area contributed by atoms with E-state index in [0.29, 0.717) is 29.4 Å². The highest BCUT2D eigenvalue weighted by atomic mass is 16.5. The molecule has 0 aromatic heterocycles. The summed E-state index contributed by atoms with van der Waals surface area (Å²) in [6.45, 7) is 2.25. The van der Waals surface area contributed by atoms with E-state index in [-0.39, 0.29) is 11.6 Å². The minimum Gasteiger partial charge on any atom is -0.504 e. The molecule has 0 bridgehead atoms. The molecule has 0 amide bonds. The number of ether oxygens (including phenoxy) is 2. The second kappa shape index (κ2) is 6.05. The van der Waals surface area contributed by atoms with E-state index >= 15 is 0 Å². The first-order valence-corrected chi connectivity index (χ1v) is 7.47. The number of hydrogen-bond acceptors (Lipinski definition) is 6. The molecule has 2 aromatic rings. The number of phenols is 1. The Hall–Kier alpha value is -3.33. The number of nitrogens with two attached hydrogens (primary N) is 2. The molecule has 122 valence electrons. The fourth-order valence-electron chi connectivity index (χ4n) is 2.80. The zero-order valence-corrected chi connectivity index (χ0v) is 13.1. The average Bonchev–Trinajstić information content (AvgIpc) is 2.55.